The summed E-state index contributed by atoms with van der Waals surface area (Å²) in [5.74, 6) is 2.99. The Morgan fingerprint density at radius 2 is 1.35 bits per heavy atom. The van der Waals surface area contributed by atoms with Crippen molar-refractivity contribution in [2.24, 2.45) is 11.8 Å². The Morgan fingerprint density at radius 1 is 1.00 bits per heavy atom. The Hall–Kier alpha value is 1.05. The van der Waals surface area contributed by atoms with E-state index in [4.69, 9.17) is 0 Å². The van der Waals surface area contributed by atoms with Crippen LogP contribution in [-0.4, -0.2) is 21.3 Å². The van der Waals surface area contributed by atoms with E-state index in [1.807, 2.05) is 0 Å². The normalized spacial score (nSPS) is 17.8. The monoisotopic (exact) mass is 300 g/mol. The molecular formula is C12H29O2PS2. The molecule has 0 saturated carbocycles. The van der Waals surface area contributed by atoms with Crippen LogP contribution in [0.25, 0.3) is 0 Å². The van der Waals surface area contributed by atoms with Crippen LogP contribution < -0.4 is 0 Å². The zero-order valence-electron chi connectivity index (χ0n) is 11.6. The molecule has 0 aliphatic rings. The lowest BCUT2D eigenvalue weighted by atomic mass is 10.1. The predicted molar refractivity (Wildman–Crippen MR) is 85.6 cm³/mol. The third-order valence-electron chi connectivity index (χ3n) is 2.86. The van der Waals surface area contributed by atoms with Gasteiger partial charge in [-0.25, -0.2) is 0 Å². The maximum absolute atomic E-state index is 9.85. The maximum Gasteiger partial charge on any atom is 0.198 e. The smallest absolute Gasteiger partial charge is 0.198 e. The van der Waals surface area contributed by atoms with Gasteiger partial charge in [0, 0.05) is 0 Å². The molecule has 0 heterocycles. The van der Waals surface area contributed by atoms with Gasteiger partial charge in [0.1, 0.15) is 0 Å². The van der Waals surface area contributed by atoms with E-state index < -0.39 is 5.69 Å². The topological polar surface area (TPSA) is 40.5 Å². The second-order valence-electron chi connectivity index (χ2n) is 5.10. The van der Waals surface area contributed by atoms with Gasteiger partial charge in [-0.2, -0.15) is 0 Å². The Bertz CT molecular complexity index is 239. The van der Waals surface area contributed by atoms with E-state index >= 15 is 0 Å². The Kier molecular flexibility index (Phi) is 9.59. The molecule has 0 aromatic heterocycles. The molecule has 5 heteroatoms. The predicted octanol–water partition coefficient (Wildman–Crippen LogP) is 4.07. The summed E-state index contributed by atoms with van der Waals surface area (Å²) in [6.45, 7) is 8.76. The lowest BCUT2D eigenvalue weighted by Crippen LogP contribution is -2.16. The molecule has 2 unspecified atom stereocenters. The van der Waals surface area contributed by atoms with Gasteiger partial charge >= 0.3 is 0 Å². The van der Waals surface area contributed by atoms with Crippen LogP contribution >= 0.6 is 17.9 Å². The second kappa shape index (κ2) is 9.03. The van der Waals surface area contributed by atoms with Gasteiger partial charge in [-0.1, -0.05) is 65.6 Å². The van der Waals surface area contributed by atoms with Gasteiger partial charge in [-0.05, 0) is 23.3 Å². The number of hydrogen-bond acceptors (Lipinski definition) is 0. The van der Waals surface area contributed by atoms with E-state index in [9.17, 15) is 9.79 Å². The Balaban J connectivity index is 4.59. The molecule has 0 saturated heterocycles. The molecule has 0 radical (unpaired) electrons. The second-order valence-corrected chi connectivity index (χ2v) is 13.3. The van der Waals surface area contributed by atoms with Crippen molar-refractivity contribution in [3.05, 3.63) is 0 Å². The molecular weight excluding hydrogens is 271 g/mol. The third-order valence-corrected chi connectivity index (χ3v) is 10.5. The van der Waals surface area contributed by atoms with Crippen molar-refractivity contribution in [1.29, 1.82) is 0 Å². The minimum absolute atomic E-state index is 0.319. The van der Waals surface area contributed by atoms with Crippen molar-refractivity contribution in [1.82, 2.24) is 0 Å². The van der Waals surface area contributed by atoms with Gasteiger partial charge in [-0.15, -0.1) is 10.1 Å². The highest BCUT2D eigenvalue weighted by Gasteiger charge is 2.16. The van der Waals surface area contributed by atoms with Crippen molar-refractivity contribution in [2.75, 3.05) is 11.5 Å². The summed E-state index contributed by atoms with van der Waals surface area (Å²) in [5.41, 5.74) is -2.96. The van der Waals surface area contributed by atoms with Crippen LogP contribution in [0.5, 0.6) is 0 Å². The minimum atomic E-state index is -2.96. The number of thiol groups is 1. The first kappa shape index (κ1) is 18.0. The Labute approximate surface area is 114 Å². The van der Waals surface area contributed by atoms with Crippen LogP contribution in [0.1, 0.15) is 53.4 Å². The van der Waals surface area contributed by atoms with Crippen molar-refractivity contribution in [3.63, 3.8) is 0 Å². The molecule has 0 aromatic rings. The van der Waals surface area contributed by atoms with Crippen molar-refractivity contribution >= 4 is 28.0 Å². The summed E-state index contributed by atoms with van der Waals surface area (Å²) in [6.07, 6.45) is 4.66. The molecule has 0 aliphatic carbocycles. The summed E-state index contributed by atoms with van der Waals surface area (Å²) in [6, 6.07) is 0. The standard InChI is InChI=1S/C12H29O2PS2/c1-5-7-11(3)9-17(15(13,14)16)10-12(4)8-6-2/h11-14,16H,5-10H2,1-4H3. The van der Waals surface area contributed by atoms with Crippen LogP contribution in [-0.2, 0) is 10.1 Å². The summed E-state index contributed by atoms with van der Waals surface area (Å²) in [4.78, 5) is 19.7. The highest BCUT2D eigenvalue weighted by Crippen LogP contribution is 2.48. The minimum Gasteiger partial charge on any atom is -0.341 e. The molecule has 0 spiro atoms. The maximum atomic E-state index is 9.85. The molecule has 0 amide bonds. The Morgan fingerprint density at radius 3 is 1.59 bits per heavy atom. The van der Waals surface area contributed by atoms with Crippen LogP contribution in [0, 0.1) is 11.8 Å². The van der Waals surface area contributed by atoms with Crippen molar-refractivity contribution in [2.45, 2.75) is 53.4 Å². The van der Waals surface area contributed by atoms with Gasteiger partial charge < -0.3 is 9.79 Å². The lowest BCUT2D eigenvalue weighted by Gasteiger charge is -2.22. The molecule has 2 N–H and O–H groups in total. The van der Waals surface area contributed by atoms with Crippen molar-refractivity contribution < 1.29 is 9.79 Å². The van der Waals surface area contributed by atoms with E-state index in [1.54, 1.807) is 0 Å². The van der Waals surface area contributed by atoms with E-state index in [0.717, 1.165) is 24.3 Å². The molecule has 17 heavy (non-hydrogen) atoms. The number of rotatable bonds is 8. The first-order valence-corrected chi connectivity index (χ1v) is 11.6. The third kappa shape index (κ3) is 8.72. The average Bonchev–Trinajstić information content (AvgIpc) is 2.16. The van der Waals surface area contributed by atoms with Crippen molar-refractivity contribution in [3.8, 4) is 0 Å². The van der Waals surface area contributed by atoms with E-state index in [0.29, 0.717) is 11.8 Å². The highest BCUT2D eigenvalue weighted by molar-refractivity contribution is 8.65. The fourth-order valence-electron chi connectivity index (χ4n) is 2.08. The first-order chi connectivity index (χ1) is 7.81. The first-order valence-electron chi connectivity index (χ1n) is 6.56. The average molecular weight is 300 g/mol. The summed E-state index contributed by atoms with van der Waals surface area (Å²) < 4.78 is 0. The van der Waals surface area contributed by atoms with Crippen LogP contribution in [0.3, 0.4) is 0 Å². The summed E-state index contributed by atoms with van der Waals surface area (Å²) in [7, 11) is -0.319. The molecule has 0 aromatic carbocycles. The number of hydrogen-bond donors (Lipinski definition) is 3. The molecule has 0 aliphatic heterocycles. The summed E-state index contributed by atoms with van der Waals surface area (Å²) >= 11 is 4.07. The van der Waals surface area contributed by atoms with Gasteiger partial charge in [0.2, 0.25) is 0 Å². The SMILES string of the molecule is CCCC(C)CS(CC(C)CCC)=P(O)(O)S. The van der Waals surface area contributed by atoms with E-state index in [1.165, 1.54) is 12.8 Å². The van der Waals surface area contributed by atoms with Gasteiger partial charge in [-0.3, -0.25) is 0 Å². The van der Waals surface area contributed by atoms with Gasteiger partial charge in [0.05, 0.1) is 0 Å². The highest BCUT2D eigenvalue weighted by atomic mass is 32.9. The molecule has 0 rings (SSSR count). The lowest BCUT2D eigenvalue weighted by molar-refractivity contribution is 0.500. The summed E-state index contributed by atoms with van der Waals surface area (Å²) in [5, 5.41) is 0. The fraction of sp³-hybridized carbons (Fsp3) is 1.00. The molecule has 0 fully saturated rings. The van der Waals surface area contributed by atoms with E-state index in [2.05, 4.69) is 39.9 Å². The molecule has 2 atom stereocenters. The largest absolute Gasteiger partial charge is 0.341 e. The molecule has 2 nitrogen and oxygen atoms in total. The van der Waals surface area contributed by atoms with Crippen LogP contribution in [0.2, 0.25) is 0 Å². The molecule has 0 bridgehead atoms. The quantitative estimate of drug-likeness (QED) is 0.467. The van der Waals surface area contributed by atoms with Crippen LogP contribution in [0.4, 0.5) is 0 Å². The van der Waals surface area contributed by atoms with Gasteiger partial charge in [0.15, 0.2) is 5.69 Å². The zero-order valence-corrected chi connectivity index (χ0v) is 14.2. The molecule has 106 valence electrons. The fourth-order valence-corrected chi connectivity index (χ4v) is 8.19. The van der Waals surface area contributed by atoms with Crippen LogP contribution in [0.15, 0.2) is 0 Å². The van der Waals surface area contributed by atoms with E-state index in [-0.39, 0.29) is 10.1 Å². The van der Waals surface area contributed by atoms with Gasteiger partial charge in [0.25, 0.3) is 0 Å². The zero-order chi connectivity index (χ0) is 13.5.